The first-order chi connectivity index (χ1) is 12.8. The van der Waals surface area contributed by atoms with E-state index in [4.69, 9.17) is 4.74 Å². The molecule has 146 valence electrons. The Morgan fingerprint density at radius 2 is 1.78 bits per heavy atom. The van der Waals surface area contributed by atoms with Crippen molar-refractivity contribution in [2.45, 2.75) is 26.8 Å². The molecule has 27 heavy (non-hydrogen) atoms. The molecule has 0 fully saturated rings. The summed E-state index contributed by atoms with van der Waals surface area (Å²) in [5, 5.41) is 2.78. The van der Waals surface area contributed by atoms with Gasteiger partial charge in [-0.3, -0.25) is 4.79 Å². The lowest BCUT2D eigenvalue weighted by Crippen LogP contribution is -2.32. The van der Waals surface area contributed by atoms with Gasteiger partial charge in [0.05, 0.1) is 12.9 Å². The van der Waals surface area contributed by atoms with E-state index in [0.29, 0.717) is 12.3 Å². The van der Waals surface area contributed by atoms with Crippen LogP contribution in [0.3, 0.4) is 0 Å². The lowest BCUT2D eigenvalue weighted by atomic mass is 10.1. The van der Waals surface area contributed by atoms with Crippen molar-refractivity contribution in [3.05, 3.63) is 59.7 Å². The Balaban J connectivity index is 1.96. The van der Waals surface area contributed by atoms with Crippen molar-refractivity contribution in [2.75, 3.05) is 24.7 Å². The van der Waals surface area contributed by atoms with Gasteiger partial charge in [-0.2, -0.15) is 4.31 Å². The number of hydrogen-bond donors (Lipinski definition) is 1. The Labute approximate surface area is 161 Å². The lowest BCUT2D eigenvalue weighted by Gasteiger charge is -2.20. The number of carbonyl (C=O) groups excluding carboxylic acids is 1. The number of sulfonamides is 1. The van der Waals surface area contributed by atoms with Gasteiger partial charge in [-0.25, -0.2) is 8.42 Å². The van der Waals surface area contributed by atoms with Crippen LogP contribution < -0.4 is 10.1 Å². The molecule has 0 spiro atoms. The van der Waals surface area contributed by atoms with Gasteiger partial charge in [-0.05, 0) is 49.2 Å². The molecule has 1 amide bonds. The summed E-state index contributed by atoms with van der Waals surface area (Å²) in [6, 6.07) is 14.7. The van der Waals surface area contributed by atoms with Crippen molar-refractivity contribution in [2.24, 2.45) is 0 Å². The summed E-state index contributed by atoms with van der Waals surface area (Å²) in [4.78, 5) is 12.2. The van der Waals surface area contributed by atoms with E-state index >= 15 is 0 Å². The van der Waals surface area contributed by atoms with E-state index in [0.717, 1.165) is 23.1 Å². The Hall–Kier alpha value is -2.38. The van der Waals surface area contributed by atoms with Crippen LogP contribution in [-0.4, -0.2) is 38.0 Å². The van der Waals surface area contributed by atoms with Gasteiger partial charge in [0.1, 0.15) is 5.75 Å². The van der Waals surface area contributed by atoms with Crippen molar-refractivity contribution >= 4 is 21.6 Å². The molecule has 0 aliphatic heterocycles. The predicted molar refractivity (Wildman–Crippen MR) is 107 cm³/mol. The Morgan fingerprint density at radius 1 is 1.11 bits per heavy atom. The maximum Gasteiger partial charge on any atom is 0.225 e. The fourth-order valence-electron chi connectivity index (χ4n) is 2.59. The summed E-state index contributed by atoms with van der Waals surface area (Å²) in [6.45, 7) is 4.79. The third-order valence-corrected chi connectivity index (χ3v) is 5.36. The van der Waals surface area contributed by atoms with Gasteiger partial charge >= 0.3 is 0 Å². The van der Waals surface area contributed by atoms with Gasteiger partial charge in [0, 0.05) is 25.2 Å². The second kappa shape index (κ2) is 9.53. The highest BCUT2D eigenvalue weighted by atomic mass is 32.2. The number of nitrogens with zero attached hydrogens (tertiary/aromatic N) is 1. The third kappa shape index (κ3) is 6.69. The Morgan fingerprint density at radius 3 is 2.37 bits per heavy atom. The Kier molecular flexibility index (Phi) is 7.38. The highest BCUT2D eigenvalue weighted by Crippen LogP contribution is 2.17. The first-order valence-electron chi connectivity index (χ1n) is 8.82. The van der Waals surface area contributed by atoms with E-state index in [1.54, 1.807) is 24.3 Å². The molecular weight excluding hydrogens is 364 g/mol. The van der Waals surface area contributed by atoms with E-state index in [1.165, 1.54) is 4.31 Å². The monoisotopic (exact) mass is 390 g/mol. The van der Waals surface area contributed by atoms with Crippen LogP contribution in [0.5, 0.6) is 5.75 Å². The van der Waals surface area contributed by atoms with Crippen LogP contribution in [-0.2, 0) is 21.4 Å². The molecule has 1 N–H and O–H groups in total. The van der Waals surface area contributed by atoms with Crippen LogP contribution in [0.2, 0.25) is 0 Å². The first-order valence-corrected chi connectivity index (χ1v) is 10.7. The average Bonchev–Trinajstić information content (AvgIpc) is 2.61. The van der Waals surface area contributed by atoms with Gasteiger partial charge in [-0.15, -0.1) is 0 Å². The van der Waals surface area contributed by atoms with Gasteiger partial charge < -0.3 is 10.1 Å². The zero-order chi connectivity index (χ0) is 19.9. The number of ether oxygens (including phenoxy) is 1. The second-order valence-corrected chi connectivity index (χ2v) is 8.26. The molecule has 0 aliphatic carbocycles. The summed E-state index contributed by atoms with van der Waals surface area (Å²) in [5.74, 6) is 0.495. The largest absolute Gasteiger partial charge is 0.494 e. The van der Waals surface area contributed by atoms with E-state index < -0.39 is 10.0 Å². The fourth-order valence-corrected chi connectivity index (χ4v) is 3.39. The molecular formula is C20H26N2O4S. The van der Waals surface area contributed by atoms with Crippen LogP contribution in [0.15, 0.2) is 48.5 Å². The molecule has 0 unspecified atom stereocenters. The van der Waals surface area contributed by atoms with Crippen LogP contribution in [0.4, 0.5) is 5.69 Å². The summed E-state index contributed by atoms with van der Waals surface area (Å²) in [6.07, 6.45) is 1.24. The Bertz CT molecular complexity index is 864. The van der Waals surface area contributed by atoms with E-state index in [9.17, 15) is 13.2 Å². The smallest absolute Gasteiger partial charge is 0.225 e. The SMILES string of the molecule is CCOc1ccc(NC(=O)CCN(Cc2ccccc2C)S(C)(=O)=O)cc1. The molecule has 2 aromatic rings. The number of benzene rings is 2. The first kappa shape index (κ1) is 20.9. The van der Waals surface area contributed by atoms with Crippen LogP contribution in [0.25, 0.3) is 0 Å². The number of amides is 1. The van der Waals surface area contributed by atoms with Gasteiger partial charge in [-0.1, -0.05) is 24.3 Å². The fraction of sp³-hybridized carbons (Fsp3) is 0.350. The zero-order valence-electron chi connectivity index (χ0n) is 15.9. The molecule has 2 aromatic carbocycles. The molecule has 0 aliphatic rings. The van der Waals surface area contributed by atoms with Crippen molar-refractivity contribution in [3.8, 4) is 5.75 Å². The van der Waals surface area contributed by atoms with Crippen LogP contribution >= 0.6 is 0 Å². The van der Waals surface area contributed by atoms with Gasteiger partial charge in [0.2, 0.25) is 15.9 Å². The molecule has 0 atom stereocenters. The molecule has 0 bridgehead atoms. The quantitative estimate of drug-likeness (QED) is 0.713. The maximum atomic E-state index is 12.2. The zero-order valence-corrected chi connectivity index (χ0v) is 16.8. The number of nitrogens with one attached hydrogen (secondary N) is 1. The maximum absolute atomic E-state index is 12.2. The van der Waals surface area contributed by atoms with Gasteiger partial charge in [0.25, 0.3) is 0 Å². The molecule has 0 aromatic heterocycles. The number of carbonyl (C=O) groups is 1. The summed E-state index contributed by atoms with van der Waals surface area (Å²) >= 11 is 0. The molecule has 0 saturated carbocycles. The summed E-state index contributed by atoms with van der Waals surface area (Å²) in [7, 11) is -3.42. The molecule has 0 heterocycles. The number of rotatable bonds is 9. The summed E-state index contributed by atoms with van der Waals surface area (Å²) < 4.78 is 30.9. The highest BCUT2D eigenvalue weighted by molar-refractivity contribution is 7.88. The third-order valence-electron chi connectivity index (χ3n) is 4.11. The standard InChI is InChI=1S/C20H26N2O4S/c1-4-26-19-11-9-18(10-12-19)21-20(23)13-14-22(27(3,24)25)15-17-8-6-5-7-16(17)2/h5-12H,4,13-15H2,1-3H3,(H,21,23). The van der Waals surface area contributed by atoms with Gasteiger partial charge in [0.15, 0.2) is 0 Å². The molecule has 6 nitrogen and oxygen atoms in total. The number of anilines is 1. The van der Waals surface area contributed by atoms with Crippen LogP contribution in [0.1, 0.15) is 24.5 Å². The summed E-state index contributed by atoms with van der Waals surface area (Å²) in [5.41, 5.74) is 2.59. The molecule has 7 heteroatoms. The molecule has 2 rings (SSSR count). The van der Waals surface area contributed by atoms with E-state index in [1.807, 2.05) is 38.1 Å². The minimum atomic E-state index is -3.42. The molecule has 0 radical (unpaired) electrons. The van der Waals surface area contributed by atoms with E-state index in [2.05, 4.69) is 5.32 Å². The minimum Gasteiger partial charge on any atom is -0.494 e. The highest BCUT2D eigenvalue weighted by Gasteiger charge is 2.19. The van der Waals surface area contributed by atoms with Crippen LogP contribution in [0, 0.1) is 6.92 Å². The normalized spacial score (nSPS) is 11.4. The van der Waals surface area contributed by atoms with Crippen molar-refractivity contribution < 1.29 is 17.9 Å². The average molecular weight is 391 g/mol. The molecule has 0 saturated heterocycles. The van der Waals surface area contributed by atoms with E-state index in [-0.39, 0.29) is 25.4 Å². The second-order valence-electron chi connectivity index (χ2n) is 6.28. The minimum absolute atomic E-state index is 0.0756. The number of aryl methyl sites for hydroxylation is 1. The predicted octanol–water partition coefficient (Wildman–Crippen LogP) is 3.18. The lowest BCUT2D eigenvalue weighted by molar-refractivity contribution is -0.116. The van der Waals surface area contributed by atoms with Crippen molar-refractivity contribution in [1.29, 1.82) is 0 Å². The number of hydrogen-bond acceptors (Lipinski definition) is 4. The van der Waals surface area contributed by atoms with Crippen molar-refractivity contribution in [1.82, 2.24) is 4.31 Å². The topological polar surface area (TPSA) is 75.7 Å². The van der Waals surface area contributed by atoms with Crippen molar-refractivity contribution in [3.63, 3.8) is 0 Å².